The van der Waals surface area contributed by atoms with Crippen LogP contribution in [0.2, 0.25) is 0 Å². The molecule has 0 unspecified atom stereocenters. The number of methoxy groups -OCH3 is 1. The van der Waals surface area contributed by atoms with Crippen molar-refractivity contribution in [3.05, 3.63) is 59.6 Å². The normalized spacial score (nSPS) is 18.4. The summed E-state index contributed by atoms with van der Waals surface area (Å²) < 4.78 is 10.7. The maximum absolute atomic E-state index is 12.9. The number of rotatable bonds is 9. The van der Waals surface area contributed by atoms with E-state index in [1.54, 1.807) is 43.5 Å². The number of nitrogens with zero attached hydrogens (tertiary/aromatic N) is 1. The van der Waals surface area contributed by atoms with Crippen LogP contribution in [0.15, 0.2) is 52.7 Å². The Balaban J connectivity index is 1.95. The first kappa shape index (κ1) is 21.6. The summed E-state index contributed by atoms with van der Waals surface area (Å²) in [6.07, 6.45) is 2.26. The number of ether oxygens (including phenoxy) is 1. The number of aliphatic hydroxyl groups excluding tert-OH is 1. The fourth-order valence-electron chi connectivity index (χ4n) is 3.86. The van der Waals surface area contributed by atoms with E-state index in [4.69, 9.17) is 9.15 Å². The molecule has 0 spiro atoms. The Bertz CT molecular complexity index is 898. The fourth-order valence-corrected chi connectivity index (χ4v) is 3.86. The van der Waals surface area contributed by atoms with E-state index in [1.165, 1.54) is 16.1 Å². The predicted molar refractivity (Wildman–Crippen MR) is 112 cm³/mol. The summed E-state index contributed by atoms with van der Waals surface area (Å²) in [5.74, 6) is -0.428. The number of carbonyl (C=O) groups is 2. The van der Waals surface area contributed by atoms with Crippen molar-refractivity contribution in [2.45, 2.75) is 26.3 Å². The van der Waals surface area contributed by atoms with Crippen molar-refractivity contribution in [2.24, 2.45) is 0 Å². The van der Waals surface area contributed by atoms with Crippen LogP contribution in [0.5, 0.6) is 5.75 Å². The van der Waals surface area contributed by atoms with Gasteiger partial charge in [0.15, 0.2) is 0 Å². The van der Waals surface area contributed by atoms with Gasteiger partial charge in [0, 0.05) is 18.5 Å². The minimum atomic E-state index is -0.742. The van der Waals surface area contributed by atoms with Gasteiger partial charge in [-0.05, 0) is 50.2 Å². The van der Waals surface area contributed by atoms with E-state index >= 15 is 0 Å². The number of benzene rings is 1. The maximum Gasteiger partial charge on any atom is 0.295 e. The number of hydrogen-bond acceptors (Lipinski definition) is 5. The molecule has 0 aliphatic carbocycles. The van der Waals surface area contributed by atoms with Gasteiger partial charge in [0.05, 0.1) is 38.6 Å². The summed E-state index contributed by atoms with van der Waals surface area (Å²) in [6, 6.07) is 9.40. The van der Waals surface area contributed by atoms with Crippen LogP contribution in [-0.4, -0.2) is 55.0 Å². The second-order valence-corrected chi connectivity index (χ2v) is 7.30. The van der Waals surface area contributed by atoms with Crippen molar-refractivity contribution in [3.8, 4) is 5.75 Å². The molecular weight excluding hydrogens is 384 g/mol. The van der Waals surface area contributed by atoms with Gasteiger partial charge in [-0.2, -0.15) is 0 Å². The number of likely N-dealkylation sites (tertiary alicyclic amines) is 1. The lowest BCUT2D eigenvalue weighted by Gasteiger charge is -2.24. The number of Topliss-reactive ketones (excluding diaryl/α,β-unsaturated/α-hetero) is 1. The molecule has 1 aromatic heterocycles. The third-order valence-corrected chi connectivity index (χ3v) is 5.65. The van der Waals surface area contributed by atoms with Crippen LogP contribution in [0.4, 0.5) is 0 Å². The highest BCUT2D eigenvalue weighted by atomic mass is 16.5. The van der Waals surface area contributed by atoms with Crippen LogP contribution in [0, 0.1) is 0 Å². The van der Waals surface area contributed by atoms with E-state index in [1.807, 2.05) is 0 Å². The molecule has 2 N–H and O–H groups in total. The largest absolute Gasteiger partial charge is 0.507 e. The quantitative estimate of drug-likeness (QED) is 0.373. The molecular formula is C23H29N2O5+. The Labute approximate surface area is 176 Å². The molecule has 1 fully saturated rings. The van der Waals surface area contributed by atoms with Crippen LogP contribution in [0.1, 0.15) is 37.6 Å². The SMILES string of the molecule is CC[NH+](CC)CCCN1C(=O)C(=O)/C(=C(\O)c2ccc(OC)cc2)[C@H]1c1ccco1. The highest BCUT2D eigenvalue weighted by Crippen LogP contribution is 2.39. The second-order valence-electron chi connectivity index (χ2n) is 7.30. The van der Waals surface area contributed by atoms with E-state index in [0.29, 0.717) is 23.6 Å². The summed E-state index contributed by atoms with van der Waals surface area (Å²) in [5.41, 5.74) is 0.494. The molecule has 0 radical (unpaired) electrons. The van der Waals surface area contributed by atoms with Crippen molar-refractivity contribution in [3.63, 3.8) is 0 Å². The molecule has 1 aliphatic heterocycles. The Morgan fingerprint density at radius 3 is 2.43 bits per heavy atom. The van der Waals surface area contributed by atoms with Crippen LogP contribution < -0.4 is 9.64 Å². The Kier molecular flexibility index (Phi) is 6.95. The van der Waals surface area contributed by atoms with Gasteiger partial charge in [-0.3, -0.25) is 9.59 Å². The van der Waals surface area contributed by atoms with Gasteiger partial charge in [-0.15, -0.1) is 0 Å². The highest BCUT2D eigenvalue weighted by Gasteiger charge is 2.47. The first-order chi connectivity index (χ1) is 14.5. The zero-order chi connectivity index (χ0) is 21.7. The second kappa shape index (κ2) is 9.63. The molecule has 30 heavy (non-hydrogen) atoms. The van der Waals surface area contributed by atoms with Gasteiger partial charge in [-0.1, -0.05) is 0 Å². The van der Waals surface area contributed by atoms with Gasteiger partial charge >= 0.3 is 0 Å². The van der Waals surface area contributed by atoms with Gasteiger partial charge in [-0.25, -0.2) is 0 Å². The van der Waals surface area contributed by atoms with Crippen molar-refractivity contribution in [1.29, 1.82) is 0 Å². The molecule has 0 bridgehead atoms. The number of hydrogen-bond donors (Lipinski definition) is 2. The van der Waals surface area contributed by atoms with Crippen molar-refractivity contribution >= 4 is 17.4 Å². The molecule has 1 aromatic carbocycles. The van der Waals surface area contributed by atoms with Crippen molar-refractivity contribution in [2.75, 3.05) is 33.3 Å². The number of amides is 1. The summed E-state index contributed by atoms with van der Waals surface area (Å²) in [7, 11) is 1.55. The molecule has 7 nitrogen and oxygen atoms in total. The molecule has 160 valence electrons. The number of ketones is 1. The third-order valence-electron chi connectivity index (χ3n) is 5.65. The average Bonchev–Trinajstić information content (AvgIpc) is 3.38. The molecule has 2 heterocycles. The van der Waals surface area contributed by atoms with E-state index in [9.17, 15) is 14.7 Å². The lowest BCUT2D eigenvalue weighted by atomic mass is 9.99. The van der Waals surface area contributed by atoms with Crippen molar-refractivity contribution < 1.29 is 28.7 Å². The number of furan rings is 1. The minimum Gasteiger partial charge on any atom is -0.507 e. The third kappa shape index (κ3) is 4.26. The Morgan fingerprint density at radius 1 is 1.17 bits per heavy atom. The monoisotopic (exact) mass is 413 g/mol. The van der Waals surface area contributed by atoms with E-state index in [2.05, 4.69) is 13.8 Å². The minimum absolute atomic E-state index is 0.0512. The number of aliphatic hydroxyl groups is 1. The number of quaternary nitrogens is 1. The van der Waals surface area contributed by atoms with Gasteiger partial charge < -0.3 is 24.1 Å². The zero-order valence-corrected chi connectivity index (χ0v) is 17.7. The number of carbonyl (C=O) groups excluding carboxylic acids is 2. The smallest absolute Gasteiger partial charge is 0.295 e. The number of nitrogens with one attached hydrogen (secondary N) is 1. The van der Waals surface area contributed by atoms with E-state index in [-0.39, 0.29) is 11.3 Å². The molecule has 1 saturated heterocycles. The fraction of sp³-hybridized carbons (Fsp3) is 0.391. The Hall–Kier alpha value is -3.06. The van der Waals surface area contributed by atoms with Crippen molar-refractivity contribution in [1.82, 2.24) is 4.90 Å². The van der Waals surface area contributed by atoms with Crippen LogP contribution in [-0.2, 0) is 9.59 Å². The molecule has 1 aliphatic rings. The topological polar surface area (TPSA) is 84.4 Å². The lowest BCUT2D eigenvalue weighted by Crippen LogP contribution is -3.11. The van der Waals surface area contributed by atoms with Gasteiger partial charge in [0.2, 0.25) is 0 Å². The highest BCUT2D eigenvalue weighted by molar-refractivity contribution is 6.46. The summed E-state index contributed by atoms with van der Waals surface area (Å²) in [4.78, 5) is 28.7. The predicted octanol–water partition coefficient (Wildman–Crippen LogP) is 2.02. The van der Waals surface area contributed by atoms with E-state index in [0.717, 1.165) is 26.1 Å². The van der Waals surface area contributed by atoms with E-state index < -0.39 is 17.7 Å². The molecule has 3 rings (SSSR count). The molecule has 0 saturated carbocycles. The first-order valence-electron chi connectivity index (χ1n) is 10.3. The summed E-state index contributed by atoms with van der Waals surface area (Å²) >= 11 is 0. The lowest BCUT2D eigenvalue weighted by molar-refractivity contribution is -0.896. The summed E-state index contributed by atoms with van der Waals surface area (Å²) in [6.45, 7) is 7.59. The first-order valence-corrected chi connectivity index (χ1v) is 10.3. The summed E-state index contributed by atoms with van der Waals surface area (Å²) in [5, 5.41) is 10.9. The Morgan fingerprint density at radius 2 is 1.87 bits per heavy atom. The van der Waals surface area contributed by atoms with Crippen LogP contribution in [0.25, 0.3) is 5.76 Å². The molecule has 1 atom stereocenters. The van der Waals surface area contributed by atoms with Crippen LogP contribution in [0.3, 0.4) is 0 Å². The zero-order valence-electron chi connectivity index (χ0n) is 17.7. The van der Waals surface area contributed by atoms with Gasteiger partial charge in [0.25, 0.3) is 11.7 Å². The van der Waals surface area contributed by atoms with Crippen LogP contribution >= 0.6 is 0 Å². The molecule has 1 amide bonds. The molecule has 7 heteroatoms. The average molecular weight is 413 g/mol. The standard InChI is InChI=1S/C23H28N2O5/c1-4-24(5-2)13-7-14-25-20(18-8-6-15-30-18)19(22(27)23(25)28)21(26)16-9-11-17(29-3)12-10-16/h6,8-12,15,20,26H,4-5,7,13-14H2,1-3H3/p+1/b21-19-/t20-/m1/s1. The maximum atomic E-state index is 12.9. The molecule has 2 aromatic rings. The van der Waals surface area contributed by atoms with Gasteiger partial charge in [0.1, 0.15) is 23.3 Å².